The lowest BCUT2D eigenvalue weighted by Crippen LogP contribution is -2.23. The lowest BCUT2D eigenvalue weighted by molar-refractivity contribution is -0.115. The largest absolute Gasteiger partial charge is 0.325 e. The van der Waals surface area contributed by atoms with Crippen molar-refractivity contribution in [1.82, 2.24) is 19.2 Å². The molecule has 164 valence electrons. The molecule has 2 heterocycles. The number of para-hydroxylation sites is 2. The highest BCUT2D eigenvalue weighted by molar-refractivity contribution is 8.00. The Morgan fingerprint density at radius 2 is 1.76 bits per heavy atom. The smallest absolute Gasteiger partial charge is 0.267 e. The molecule has 0 saturated heterocycles. The van der Waals surface area contributed by atoms with Gasteiger partial charge in [0.2, 0.25) is 11.7 Å². The number of amides is 1. The number of carbonyl (C=O) groups excluding carboxylic acids is 1. The van der Waals surface area contributed by atoms with Crippen LogP contribution in [0.15, 0.2) is 88.8 Å². The van der Waals surface area contributed by atoms with Gasteiger partial charge in [-0.3, -0.25) is 14.0 Å². The van der Waals surface area contributed by atoms with Crippen LogP contribution in [-0.2, 0) is 4.79 Å². The van der Waals surface area contributed by atoms with E-state index in [2.05, 4.69) is 15.5 Å². The average Bonchev–Trinajstić information content (AvgIpc) is 3.23. The van der Waals surface area contributed by atoms with E-state index in [1.165, 1.54) is 16.3 Å². The summed E-state index contributed by atoms with van der Waals surface area (Å²) in [7, 11) is 0. The highest BCUT2D eigenvalue weighted by Gasteiger charge is 2.22. The van der Waals surface area contributed by atoms with Crippen molar-refractivity contribution >= 4 is 51.6 Å². The fourth-order valence-corrected chi connectivity index (χ4v) is 4.63. The predicted octanol–water partition coefficient (Wildman–Crippen LogP) is 4.81. The van der Waals surface area contributed by atoms with Gasteiger partial charge in [0.1, 0.15) is 0 Å². The molecule has 0 aliphatic heterocycles. The van der Waals surface area contributed by atoms with Crippen LogP contribution in [0.4, 0.5) is 5.69 Å². The molecule has 9 heteroatoms. The summed E-state index contributed by atoms with van der Waals surface area (Å²) in [4.78, 5) is 26.1. The highest BCUT2D eigenvalue weighted by Crippen LogP contribution is 2.27. The monoisotopic (exact) mass is 475 g/mol. The number of hydrogen-bond acceptors (Lipinski definition) is 5. The topological polar surface area (TPSA) is 81.3 Å². The van der Waals surface area contributed by atoms with Gasteiger partial charge in [-0.15, -0.1) is 10.2 Å². The molecule has 0 radical (unpaired) electrons. The fourth-order valence-electron chi connectivity index (χ4n) is 3.59. The van der Waals surface area contributed by atoms with Crippen molar-refractivity contribution < 1.29 is 4.79 Å². The van der Waals surface area contributed by atoms with Crippen LogP contribution in [0, 0.1) is 0 Å². The Kier molecular flexibility index (Phi) is 5.62. The molecule has 0 saturated carbocycles. The second-order valence-corrected chi connectivity index (χ2v) is 9.12. The normalized spacial score (nSPS) is 12.2. The van der Waals surface area contributed by atoms with E-state index in [0.29, 0.717) is 38.2 Å². The van der Waals surface area contributed by atoms with E-state index in [1.807, 2.05) is 52.9 Å². The average molecular weight is 476 g/mol. The summed E-state index contributed by atoms with van der Waals surface area (Å²) in [6.45, 7) is 1.79. The Bertz CT molecular complexity index is 1550. The molecule has 0 spiro atoms. The Balaban J connectivity index is 1.58. The van der Waals surface area contributed by atoms with Crippen molar-refractivity contribution in [3.05, 3.63) is 94.2 Å². The van der Waals surface area contributed by atoms with Gasteiger partial charge in [0.15, 0.2) is 5.16 Å². The predicted molar refractivity (Wildman–Crippen MR) is 131 cm³/mol. The van der Waals surface area contributed by atoms with Crippen molar-refractivity contribution in [2.24, 2.45) is 0 Å². The molecule has 0 fully saturated rings. The SMILES string of the molecule is C[C@@H](Sc1nnc2n(-c3ccccc3)c(=O)c3ccccc3n12)C(=O)Nc1cccc(Cl)c1. The fraction of sp³-hybridized carbons (Fsp3) is 0.0833. The minimum Gasteiger partial charge on any atom is -0.325 e. The molecule has 5 aromatic rings. The molecule has 0 aliphatic rings. The summed E-state index contributed by atoms with van der Waals surface area (Å²) >= 11 is 7.28. The molecule has 5 rings (SSSR count). The maximum atomic E-state index is 13.3. The van der Waals surface area contributed by atoms with E-state index in [1.54, 1.807) is 37.3 Å². The molecule has 0 bridgehead atoms. The van der Waals surface area contributed by atoms with Gasteiger partial charge in [0, 0.05) is 10.7 Å². The molecule has 2 aromatic heterocycles. The second kappa shape index (κ2) is 8.73. The van der Waals surface area contributed by atoms with E-state index >= 15 is 0 Å². The number of nitrogens with one attached hydrogen (secondary N) is 1. The number of thioether (sulfide) groups is 1. The number of carbonyl (C=O) groups is 1. The van der Waals surface area contributed by atoms with Crippen LogP contribution in [0.25, 0.3) is 22.4 Å². The van der Waals surface area contributed by atoms with E-state index in [9.17, 15) is 9.59 Å². The van der Waals surface area contributed by atoms with Crippen LogP contribution in [0.2, 0.25) is 5.02 Å². The van der Waals surface area contributed by atoms with Gasteiger partial charge in [-0.1, -0.05) is 59.8 Å². The zero-order valence-electron chi connectivity index (χ0n) is 17.5. The molecule has 0 unspecified atom stereocenters. The maximum absolute atomic E-state index is 13.3. The summed E-state index contributed by atoms with van der Waals surface area (Å²) < 4.78 is 3.35. The van der Waals surface area contributed by atoms with E-state index in [4.69, 9.17) is 11.6 Å². The molecule has 7 nitrogen and oxygen atoms in total. The Morgan fingerprint density at radius 3 is 2.55 bits per heavy atom. The Morgan fingerprint density at radius 1 is 1.00 bits per heavy atom. The Labute approximate surface area is 198 Å². The molecule has 1 amide bonds. The number of anilines is 1. The summed E-state index contributed by atoms with van der Waals surface area (Å²) in [5, 5.41) is 12.6. The number of nitrogens with zero attached hydrogens (tertiary/aromatic N) is 4. The van der Waals surface area contributed by atoms with E-state index in [-0.39, 0.29) is 11.5 Å². The van der Waals surface area contributed by atoms with Crippen LogP contribution in [0.5, 0.6) is 0 Å². The molecule has 1 atom stereocenters. The first-order valence-corrected chi connectivity index (χ1v) is 11.5. The van der Waals surface area contributed by atoms with Crippen LogP contribution < -0.4 is 10.9 Å². The maximum Gasteiger partial charge on any atom is 0.267 e. The molecular formula is C24H18ClN5O2S. The summed E-state index contributed by atoms with van der Waals surface area (Å²) in [6.07, 6.45) is 0. The first-order valence-electron chi connectivity index (χ1n) is 10.2. The van der Waals surface area contributed by atoms with Crippen molar-refractivity contribution in [3.63, 3.8) is 0 Å². The number of fused-ring (bicyclic) bond motifs is 3. The first kappa shape index (κ1) is 21.2. The minimum atomic E-state index is -0.479. The third-order valence-corrected chi connectivity index (χ3v) is 6.43. The van der Waals surface area contributed by atoms with Gasteiger partial charge in [0.25, 0.3) is 5.56 Å². The quantitative estimate of drug-likeness (QED) is 0.369. The highest BCUT2D eigenvalue weighted by atomic mass is 35.5. The van der Waals surface area contributed by atoms with E-state index < -0.39 is 5.25 Å². The van der Waals surface area contributed by atoms with Crippen LogP contribution in [0.1, 0.15) is 6.92 Å². The minimum absolute atomic E-state index is 0.181. The first-order chi connectivity index (χ1) is 16.0. The Hall–Kier alpha value is -3.62. The van der Waals surface area contributed by atoms with E-state index in [0.717, 1.165) is 0 Å². The number of halogens is 1. The lowest BCUT2D eigenvalue weighted by Gasteiger charge is -2.13. The lowest BCUT2D eigenvalue weighted by atomic mass is 10.2. The molecule has 33 heavy (non-hydrogen) atoms. The zero-order chi connectivity index (χ0) is 22.9. The third kappa shape index (κ3) is 3.99. The van der Waals surface area contributed by atoms with Crippen LogP contribution in [0.3, 0.4) is 0 Å². The molecule has 1 N–H and O–H groups in total. The van der Waals surface area contributed by atoms with Crippen LogP contribution in [-0.4, -0.2) is 30.3 Å². The number of aromatic nitrogens is 4. The zero-order valence-corrected chi connectivity index (χ0v) is 19.0. The summed E-state index contributed by atoms with van der Waals surface area (Å²) in [5.74, 6) is 0.189. The number of hydrogen-bond donors (Lipinski definition) is 1. The molecule has 3 aromatic carbocycles. The third-order valence-electron chi connectivity index (χ3n) is 5.15. The standard InChI is InChI=1S/C24H18ClN5O2S/c1-15(21(31)26-17-9-7-8-16(25)14-17)33-24-28-27-23-29(18-10-3-2-4-11-18)22(32)19-12-5-6-13-20(19)30(23)24/h2-15H,1H3,(H,26,31)/t15-/m1/s1. The number of benzene rings is 3. The van der Waals surface area contributed by atoms with Crippen LogP contribution >= 0.6 is 23.4 Å². The van der Waals surface area contributed by atoms with Gasteiger partial charge >= 0.3 is 0 Å². The molecular weight excluding hydrogens is 458 g/mol. The van der Waals surface area contributed by atoms with Gasteiger partial charge in [0.05, 0.1) is 21.8 Å². The van der Waals surface area contributed by atoms with Crippen molar-refractivity contribution in [2.75, 3.05) is 5.32 Å². The van der Waals surface area contributed by atoms with Gasteiger partial charge in [-0.25, -0.2) is 4.57 Å². The second-order valence-electron chi connectivity index (χ2n) is 7.37. The van der Waals surface area contributed by atoms with Crippen molar-refractivity contribution in [2.45, 2.75) is 17.3 Å². The summed E-state index contributed by atoms with van der Waals surface area (Å²) in [6, 6.07) is 23.6. The van der Waals surface area contributed by atoms with Gasteiger partial charge in [-0.05, 0) is 49.4 Å². The molecule has 0 aliphatic carbocycles. The van der Waals surface area contributed by atoms with Crippen molar-refractivity contribution in [1.29, 1.82) is 0 Å². The van der Waals surface area contributed by atoms with Gasteiger partial charge < -0.3 is 5.32 Å². The number of rotatable bonds is 5. The van der Waals surface area contributed by atoms with Crippen molar-refractivity contribution in [3.8, 4) is 5.69 Å². The summed E-state index contributed by atoms with van der Waals surface area (Å²) in [5.41, 5.74) is 1.81. The van der Waals surface area contributed by atoms with Gasteiger partial charge in [-0.2, -0.15) is 0 Å².